The van der Waals surface area contributed by atoms with Crippen LogP contribution in [-0.4, -0.2) is 49.9 Å². The van der Waals surface area contributed by atoms with E-state index in [0.29, 0.717) is 28.5 Å². The van der Waals surface area contributed by atoms with Gasteiger partial charge in [0.25, 0.3) is 0 Å². The van der Waals surface area contributed by atoms with Gasteiger partial charge in [-0.05, 0) is 42.7 Å². The third-order valence-electron chi connectivity index (χ3n) is 7.32. The van der Waals surface area contributed by atoms with Crippen LogP contribution in [0.5, 0.6) is 0 Å². The fourth-order valence-corrected chi connectivity index (χ4v) is 5.17. The zero-order valence-electron chi connectivity index (χ0n) is 22.4. The van der Waals surface area contributed by atoms with Gasteiger partial charge in [0.15, 0.2) is 0 Å². The molecule has 1 fully saturated rings. The number of piperidine rings is 1. The second-order valence-corrected chi connectivity index (χ2v) is 10.1. The van der Waals surface area contributed by atoms with Crippen molar-refractivity contribution in [2.75, 3.05) is 18.4 Å². The SMILES string of the molecule is N#Cc1nccc(NC2CCN(Cc3ccc(-c4nc5ccc(C(N)=O)cc5nc4-c4ccccc4)cc3)CC2)n1. The topological polar surface area (TPSA) is 134 Å². The van der Waals surface area contributed by atoms with Gasteiger partial charge in [-0.2, -0.15) is 5.26 Å². The van der Waals surface area contributed by atoms with Gasteiger partial charge in [-0.1, -0.05) is 54.6 Å². The van der Waals surface area contributed by atoms with Crippen molar-refractivity contribution >= 4 is 22.8 Å². The Kier molecular flexibility index (Phi) is 7.30. The van der Waals surface area contributed by atoms with Crippen LogP contribution >= 0.6 is 0 Å². The summed E-state index contributed by atoms with van der Waals surface area (Å²) in [5.74, 6) is 0.388. The van der Waals surface area contributed by atoms with Crippen LogP contribution < -0.4 is 11.1 Å². The molecule has 0 radical (unpaired) electrons. The lowest BCUT2D eigenvalue weighted by molar-refractivity contribution is 0.100. The first-order chi connectivity index (χ1) is 20.1. The van der Waals surface area contributed by atoms with Crippen LogP contribution in [-0.2, 0) is 6.54 Å². The van der Waals surface area contributed by atoms with E-state index in [0.717, 1.165) is 55.0 Å². The Morgan fingerprint density at radius 1 is 0.902 bits per heavy atom. The van der Waals surface area contributed by atoms with Gasteiger partial charge in [-0.15, -0.1) is 0 Å². The Morgan fingerprint density at radius 3 is 2.32 bits per heavy atom. The van der Waals surface area contributed by atoms with Crippen molar-refractivity contribution in [3.05, 3.63) is 102 Å². The Labute approximate surface area is 237 Å². The van der Waals surface area contributed by atoms with Crippen molar-refractivity contribution in [3.63, 3.8) is 0 Å². The van der Waals surface area contributed by atoms with Crippen molar-refractivity contribution in [2.45, 2.75) is 25.4 Å². The standard InChI is InChI=1S/C32H28N8O/c33-19-29-35-15-12-28(39-29)36-25-13-16-40(17-14-25)20-21-6-8-23(9-7-21)31-30(22-4-2-1-3-5-22)38-27-18-24(32(34)41)10-11-26(27)37-31/h1-12,15,18,25H,13-14,16-17,20H2,(H2,34,41)(H,35,36,39). The highest BCUT2D eigenvalue weighted by molar-refractivity contribution is 5.97. The second kappa shape index (κ2) is 11.5. The monoisotopic (exact) mass is 540 g/mol. The van der Waals surface area contributed by atoms with Gasteiger partial charge in [0.2, 0.25) is 11.7 Å². The summed E-state index contributed by atoms with van der Waals surface area (Å²) in [6.07, 6.45) is 3.60. The van der Waals surface area contributed by atoms with E-state index in [1.807, 2.05) is 36.4 Å². The first kappa shape index (κ1) is 26.0. The molecule has 6 rings (SSSR count). The van der Waals surface area contributed by atoms with Crippen molar-refractivity contribution in [1.82, 2.24) is 24.8 Å². The summed E-state index contributed by atoms with van der Waals surface area (Å²) < 4.78 is 0. The number of nitrogens with one attached hydrogen (secondary N) is 1. The molecule has 9 nitrogen and oxygen atoms in total. The number of carbonyl (C=O) groups is 1. The maximum atomic E-state index is 11.7. The molecule has 3 N–H and O–H groups in total. The summed E-state index contributed by atoms with van der Waals surface area (Å²) in [5.41, 5.74) is 11.9. The summed E-state index contributed by atoms with van der Waals surface area (Å²) in [4.78, 5) is 32.2. The minimum absolute atomic E-state index is 0.179. The number of anilines is 1. The zero-order valence-corrected chi connectivity index (χ0v) is 22.4. The number of nitrogens with zero attached hydrogens (tertiary/aromatic N) is 6. The van der Waals surface area contributed by atoms with Crippen LogP contribution in [0.2, 0.25) is 0 Å². The molecule has 0 spiro atoms. The fourth-order valence-electron chi connectivity index (χ4n) is 5.17. The summed E-state index contributed by atoms with van der Waals surface area (Å²) in [7, 11) is 0. The molecule has 202 valence electrons. The maximum absolute atomic E-state index is 11.7. The van der Waals surface area contributed by atoms with E-state index in [1.165, 1.54) is 5.56 Å². The van der Waals surface area contributed by atoms with Gasteiger partial charge in [0.1, 0.15) is 11.9 Å². The number of nitrogens with two attached hydrogens (primary N) is 1. The van der Waals surface area contributed by atoms with Crippen molar-refractivity contribution in [2.24, 2.45) is 5.73 Å². The molecule has 0 unspecified atom stereocenters. The molecular formula is C32H28N8O. The number of rotatable bonds is 7. The summed E-state index contributed by atoms with van der Waals surface area (Å²) in [5, 5.41) is 12.5. The summed E-state index contributed by atoms with van der Waals surface area (Å²) in [6.45, 7) is 2.80. The molecule has 9 heteroatoms. The highest BCUT2D eigenvalue weighted by atomic mass is 16.1. The molecule has 1 aliphatic rings. The number of primary amides is 1. The molecule has 0 aliphatic carbocycles. The van der Waals surface area contributed by atoms with E-state index in [1.54, 1.807) is 30.5 Å². The van der Waals surface area contributed by atoms with Gasteiger partial charge < -0.3 is 11.1 Å². The molecule has 41 heavy (non-hydrogen) atoms. The van der Waals surface area contributed by atoms with E-state index in [4.69, 9.17) is 21.0 Å². The number of benzene rings is 3. The zero-order chi connectivity index (χ0) is 28.2. The number of amides is 1. The summed E-state index contributed by atoms with van der Waals surface area (Å²) in [6, 6.07) is 27.7. The predicted octanol–water partition coefficient (Wildman–Crippen LogP) is 4.80. The number of hydrogen-bond acceptors (Lipinski definition) is 8. The van der Waals surface area contributed by atoms with E-state index in [-0.39, 0.29) is 5.82 Å². The van der Waals surface area contributed by atoms with Crippen LogP contribution in [0.1, 0.15) is 34.6 Å². The normalized spacial score (nSPS) is 14.0. The third kappa shape index (κ3) is 5.88. The Morgan fingerprint density at radius 2 is 1.61 bits per heavy atom. The predicted molar refractivity (Wildman–Crippen MR) is 158 cm³/mol. The highest BCUT2D eigenvalue weighted by Crippen LogP contribution is 2.31. The van der Waals surface area contributed by atoms with Gasteiger partial charge in [0.05, 0.1) is 22.4 Å². The average molecular weight is 541 g/mol. The van der Waals surface area contributed by atoms with Crippen molar-refractivity contribution in [3.8, 4) is 28.6 Å². The molecule has 1 aliphatic heterocycles. The van der Waals surface area contributed by atoms with Crippen LogP contribution in [0.4, 0.5) is 5.82 Å². The first-order valence-electron chi connectivity index (χ1n) is 13.5. The number of hydrogen-bond donors (Lipinski definition) is 2. The van der Waals surface area contributed by atoms with Crippen LogP contribution in [0.25, 0.3) is 33.5 Å². The Bertz CT molecular complexity index is 1740. The molecule has 5 aromatic rings. The molecule has 1 amide bonds. The number of carbonyl (C=O) groups excluding carboxylic acids is 1. The number of likely N-dealkylation sites (tertiary alicyclic amines) is 1. The van der Waals surface area contributed by atoms with Gasteiger partial charge in [0, 0.05) is 48.6 Å². The lowest BCUT2D eigenvalue weighted by Gasteiger charge is -2.32. The molecule has 1 saturated heterocycles. The van der Waals surface area contributed by atoms with Crippen LogP contribution in [0, 0.1) is 11.3 Å². The van der Waals surface area contributed by atoms with Crippen molar-refractivity contribution in [1.29, 1.82) is 5.26 Å². The number of fused-ring (bicyclic) bond motifs is 1. The summed E-state index contributed by atoms with van der Waals surface area (Å²) >= 11 is 0. The average Bonchev–Trinajstić information content (AvgIpc) is 3.02. The fraction of sp³-hybridized carbons (Fsp3) is 0.188. The molecule has 3 heterocycles. The molecule has 3 aromatic carbocycles. The van der Waals surface area contributed by atoms with Crippen molar-refractivity contribution < 1.29 is 4.79 Å². The maximum Gasteiger partial charge on any atom is 0.248 e. The van der Waals surface area contributed by atoms with E-state index >= 15 is 0 Å². The molecule has 2 aromatic heterocycles. The largest absolute Gasteiger partial charge is 0.367 e. The Balaban J connectivity index is 1.18. The lowest BCUT2D eigenvalue weighted by atomic mass is 10.0. The van der Waals surface area contributed by atoms with Gasteiger partial charge in [-0.25, -0.2) is 19.9 Å². The van der Waals surface area contributed by atoms with E-state index in [2.05, 4.69) is 44.5 Å². The highest BCUT2D eigenvalue weighted by Gasteiger charge is 2.20. The van der Waals surface area contributed by atoms with Gasteiger partial charge >= 0.3 is 0 Å². The van der Waals surface area contributed by atoms with Gasteiger partial charge in [-0.3, -0.25) is 9.69 Å². The molecule has 0 atom stereocenters. The minimum Gasteiger partial charge on any atom is -0.367 e. The number of nitriles is 1. The van der Waals surface area contributed by atoms with E-state index in [9.17, 15) is 4.79 Å². The molecule has 0 saturated carbocycles. The minimum atomic E-state index is -0.491. The smallest absolute Gasteiger partial charge is 0.248 e. The Hall–Kier alpha value is -5.20. The first-order valence-corrected chi connectivity index (χ1v) is 13.5. The number of aromatic nitrogens is 4. The second-order valence-electron chi connectivity index (χ2n) is 10.1. The molecular weight excluding hydrogens is 512 g/mol. The van der Waals surface area contributed by atoms with Crippen LogP contribution in [0.15, 0.2) is 85.1 Å². The third-order valence-corrected chi connectivity index (χ3v) is 7.32. The quantitative estimate of drug-likeness (QED) is 0.301. The molecule has 0 bridgehead atoms. The lowest BCUT2D eigenvalue weighted by Crippen LogP contribution is -2.38. The van der Waals surface area contributed by atoms with E-state index < -0.39 is 5.91 Å². The van der Waals surface area contributed by atoms with Crippen LogP contribution in [0.3, 0.4) is 0 Å².